The molecule has 1 saturated carbocycles. The van der Waals surface area contributed by atoms with Crippen molar-refractivity contribution in [2.24, 2.45) is 0 Å². The number of aryl methyl sites for hydroxylation is 1. The zero-order valence-corrected chi connectivity index (χ0v) is 18.4. The molecule has 1 aliphatic heterocycles. The van der Waals surface area contributed by atoms with Crippen molar-refractivity contribution in [1.29, 1.82) is 5.41 Å². The number of fused-ring (bicyclic) bond motifs is 2. The van der Waals surface area contributed by atoms with E-state index in [9.17, 15) is 9.59 Å². The number of amides is 1. The van der Waals surface area contributed by atoms with Gasteiger partial charge < -0.3 is 14.6 Å². The van der Waals surface area contributed by atoms with Crippen LogP contribution in [0.5, 0.6) is 0 Å². The van der Waals surface area contributed by atoms with Gasteiger partial charge in [-0.1, -0.05) is 25.3 Å². The van der Waals surface area contributed by atoms with Crippen LogP contribution in [0.3, 0.4) is 0 Å². The summed E-state index contributed by atoms with van der Waals surface area (Å²) in [5, 5.41) is 12.2. The second-order valence-corrected chi connectivity index (χ2v) is 9.00. The van der Waals surface area contributed by atoms with Crippen molar-refractivity contribution in [2.45, 2.75) is 64.0 Å². The first-order valence-electron chi connectivity index (χ1n) is 11.6. The first-order chi connectivity index (χ1) is 15.5. The number of nitrogens with zero attached hydrogens (tertiary/aromatic N) is 3. The molecule has 0 aromatic carbocycles. The van der Waals surface area contributed by atoms with Gasteiger partial charge in [0.2, 0.25) is 0 Å². The molecular weight excluding hydrogens is 406 g/mol. The molecule has 1 amide bonds. The Morgan fingerprint density at radius 1 is 1.22 bits per heavy atom. The quantitative estimate of drug-likeness (QED) is 0.615. The third-order valence-corrected chi connectivity index (χ3v) is 6.70. The molecule has 0 radical (unpaired) electrons. The minimum atomic E-state index is -0.342. The SMILES string of the molecule is Cc1ccc2nc3c(cc(C(=O)NC[C@H]4CCCO4)c(=N)n3C3CCCCC3)c(=O)n2c1. The molecule has 0 bridgehead atoms. The lowest BCUT2D eigenvalue weighted by Crippen LogP contribution is -2.39. The highest BCUT2D eigenvalue weighted by molar-refractivity contribution is 5.96. The van der Waals surface area contributed by atoms with Crippen LogP contribution in [0.2, 0.25) is 0 Å². The van der Waals surface area contributed by atoms with Crippen molar-refractivity contribution in [2.75, 3.05) is 13.2 Å². The van der Waals surface area contributed by atoms with Crippen LogP contribution in [-0.2, 0) is 4.74 Å². The summed E-state index contributed by atoms with van der Waals surface area (Å²) in [6.07, 6.45) is 8.84. The van der Waals surface area contributed by atoms with Crippen molar-refractivity contribution in [1.82, 2.24) is 19.3 Å². The third-order valence-electron chi connectivity index (χ3n) is 6.70. The second kappa shape index (κ2) is 8.50. The molecule has 168 valence electrons. The fraction of sp³-hybridized carbons (Fsp3) is 0.500. The first kappa shape index (κ1) is 20.9. The van der Waals surface area contributed by atoms with Gasteiger partial charge in [0.05, 0.1) is 17.1 Å². The van der Waals surface area contributed by atoms with E-state index in [2.05, 4.69) is 5.32 Å². The molecule has 32 heavy (non-hydrogen) atoms. The van der Waals surface area contributed by atoms with Gasteiger partial charge in [-0.3, -0.25) is 19.4 Å². The Hall–Kier alpha value is -3.00. The highest BCUT2D eigenvalue weighted by Gasteiger charge is 2.24. The summed E-state index contributed by atoms with van der Waals surface area (Å²) in [4.78, 5) is 31.3. The van der Waals surface area contributed by atoms with E-state index in [1.165, 1.54) is 10.8 Å². The molecule has 4 heterocycles. The number of rotatable bonds is 4. The molecule has 0 unspecified atom stereocenters. The van der Waals surface area contributed by atoms with E-state index in [0.717, 1.165) is 50.7 Å². The number of pyridine rings is 2. The molecule has 2 N–H and O–H groups in total. The summed E-state index contributed by atoms with van der Waals surface area (Å²) < 4.78 is 8.97. The van der Waals surface area contributed by atoms with Gasteiger partial charge in [0.15, 0.2) is 0 Å². The summed E-state index contributed by atoms with van der Waals surface area (Å²) in [5.41, 5.74) is 2.11. The average molecular weight is 436 g/mol. The molecule has 8 heteroatoms. The molecule has 0 spiro atoms. The minimum Gasteiger partial charge on any atom is -0.376 e. The lowest BCUT2D eigenvalue weighted by molar-refractivity contribution is 0.0855. The Morgan fingerprint density at radius 2 is 2.03 bits per heavy atom. The normalized spacial score (nSPS) is 19.6. The lowest BCUT2D eigenvalue weighted by Gasteiger charge is -2.26. The van der Waals surface area contributed by atoms with E-state index in [1.807, 2.05) is 23.6 Å². The third kappa shape index (κ3) is 3.72. The fourth-order valence-corrected chi connectivity index (χ4v) is 4.98. The van der Waals surface area contributed by atoms with Gasteiger partial charge in [-0.15, -0.1) is 0 Å². The maximum Gasteiger partial charge on any atom is 0.267 e. The van der Waals surface area contributed by atoms with E-state index in [1.54, 1.807) is 12.3 Å². The summed E-state index contributed by atoms with van der Waals surface area (Å²) in [7, 11) is 0. The summed E-state index contributed by atoms with van der Waals surface area (Å²) in [6, 6.07) is 5.36. The predicted molar refractivity (Wildman–Crippen MR) is 121 cm³/mol. The predicted octanol–water partition coefficient (Wildman–Crippen LogP) is 2.85. The topological polar surface area (TPSA) is 101 Å². The van der Waals surface area contributed by atoms with Crippen molar-refractivity contribution >= 4 is 22.6 Å². The molecule has 2 fully saturated rings. The molecular formula is C24H29N5O3. The number of aromatic nitrogens is 3. The van der Waals surface area contributed by atoms with Gasteiger partial charge in [-0.2, -0.15) is 0 Å². The molecule has 3 aromatic heterocycles. The largest absolute Gasteiger partial charge is 0.376 e. The molecule has 1 saturated heterocycles. The van der Waals surface area contributed by atoms with Crippen molar-refractivity contribution < 1.29 is 9.53 Å². The van der Waals surface area contributed by atoms with Gasteiger partial charge in [0.25, 0.3) is 11.5 Å². The highest BCUT2D eigenvalue weighted by atomic mass is 16.5. The van der Waals surface area contributed by atoms with Gasteiger partial charge in [0, 0.05) is 25.4 Å². The first-order valence-corrected chi connectivity index (χ1v) is 11.6. The van der Waals surface area contributed by atoms with Gasteiger partial charge in [-0.25, -0.2) is 4.98 Å². The second-order valence-electron chi connectivity index (χ2n) is 9.00. The van der Waals surface area contributed by atoms with E-state index in [0.29, 0.717) is 23.2 Å². The van der Waals surface area contributed by atoms with Crippen LogP contribution in [0.25, 0.3) is 16.7 Å². The number of carbonyl (C=O) groups excluding carboxylic acids is 1. The minimum absolute atomic E-state index is 0.0123. The highest BCUT2D eigenvalue weighted by Crippen LogP contribution is 2.29. The van der Waals surface area contributed by atoms with Gasteiger partial charge >= 0.3 is 0 Å². The Kier molecular flexibility index (Phi) is 5.55. The fourth-order valence-electron chi connectivity index (χ4n) is 4.98. The van der Waals surface area contributed by atoms with E-state index >= 15 is 0 Å². The maximum atomic E-state index is 13.4. The molecule has 5 rings (SSSR count). The van der Waals surface area contributed by atoms with E-state index in [4.69, 9.17) is 15.1 Å². The molecule has 2 aliphatic rings. The number of hydrogen-bond donors (Lipinski definition) is 2. The standard InChI is InChI=1S/C24H29N5O3/c1-15-9-10-20-27-22-19(24(31)28(20)14-15)12-18(23(30)26-13-17-8-5-11-32-17)21(25)29(22)16-6-3-2-4-7-16/h9-10,12,14,16-17,25H,2-8,11,13H2,1H3,(H,26,30)/t17-/m1/s1. The Balaban J connectivity index is 1.68. The van der Waals surface area contributed by atoms with Gasteiger partial charge in [-0.05, 0) is 50.3 Å². The Bertz CT molecular complexity index is 1300. The smallest absolute Gasteiger partial charge is 0.267 e. The van der Waals surface area contributed by atoms with Crippen LogP contribution < -0.4 is 16.4 Å². The van der Waals surface area contributed by atoms with Crippen molar-refractivity contribution in [3.8, 4) is 0 Å². The molecule has 8 nitrogen and oxygen atoms in total. The average Bonchev–Trinajstić information content (AvgIpc) is 3.32. The lowest BCUT2D eigenvalue weighted by atomic mass is 9.94. The Morgan fingerprint density at radius 3 is 2.78 bits per heavy atom. The zero-order chi connectivity index (χ0) is 22.2. The van der Waals surface area contributed by atoms with Crippen molar-refractivity contribution in [3.63, 3.8) is 0 Å². The van der Waals surface area contributed by atoms with Gasteiger partial charge in [0.1, 0.15) is 16.8 Å². The number of nitrogens with one attached hydrogen (secondary N) is 2. The van der Waals surface area contributed by atoms with Crippen LogP contribution in [0.4, 0.5) is 0 Å². The molecule has 1 aliphatic carbocycles. The van der Waals surface area contributed by atoms with Crippen LogP contribution in [0.1, 0.15) is 66.9 Å². The summed E-state index contributed by atoms with van der Waals surface area (Å²) >= 11 is 0. The maximum absolute atomic E-state index is 13.4. The summed E-state index contributed by atoms with van der Waals surface area (Å²) in [6.45, 7) is 3.06. The zero-order valence-electron chi connectivity index (χ0n) is 18.4. The number of ether oxygens (including phenoxy) is 1. The molecule has 3 aromatic rings. The van der Waals surface area contributed by atoms with Crippen LogP contribution in [0.15, 0.2) is 29.2 Å². The number of hydrogen-bond acceptors (Lipinski definition) is 5. The summed E-state index contributed by atoms with van der Waals surface area (Å²) in [5.74, 6) is -0.342. The van der Waals surface area contributed by atoms with Crippen LogP contribution in [0, 0.1) is 12.3 Å². The molecule has 1 atom stereocenters. The number of carbonyl (C=O) groups is 1. The van der Waals surface area contributed by atoms with Crippen molar-refractivity contribution in [3.05, 3.63) is 51.4 Å². The van der Waals surface area contributed by atoms with Crippen LogP contribution >= 0.6 is 0 Å². The van der Waals surface area contributed by atoms with Crippen LogP contribution in [-0.4, -0.2) is 39.1 Å². The Labute approximate surface area is 185 Å². The van der Waals surface area contributed by atoms with E-state index in [-0.39, 0.29) is 34.7 Å². The monoisotopic (exact) mass is 435 g/mol. The van der Waals surface area contributed by atoms with E-state index < -0.39 is 0 Å².